The van der Waals surface area contributed by atoms with Crippen LogP contribution in [0.25, 0.3) is 0 Å². The van der Waals surface area contributed by atoms with Gasteiger partial charge in [0.15, 0.2) is 11.5 Å². The third kappa shape index (κ3) is 4.42. The molecule has 1 fully saturated rings. The molecule has 2 heterocycles. The zero-order valence-corrected chi connectivity index (χ0v) is 17.6. The Kier molecular flexibility index (Phi) is 6.08. The SMILES string of the molecule is COc1ccccc1OC1CCN(CCCCN2Cc3ccccc3S2(=O)=O)C1. The lowest BCUT2D eigenvalue weighted by molar-refractivity contribution is 0.192. The van der Waals surface area contributed by atoms with Crippen molar-refractivity contribution in [2.45, 2.75) is 36.8 Å². The molecule has 0 radical (unpaired) electrons. The lowest BCUT2D eigenvalue weighted by Crippen LogP contribution is -2.28. The molecule has 0 spiro atoms. The number of para-hydroxylation sites is 2. The van der Waals surface area contributed by atoms with E-state index in [1.54, 1.807) is 23.5 Å². The van der Waals surface area contributed by atoms with Crippen LogP contribution in [0.5, 0.6) is 11.5 Å². The van der Waals surface area contributed by atoms with E-state index < -0.39 is 10.0 Å². The third-order valence-corrected chi connectivity index (χ3v) is 7.61. The maximum atomic E-state index is 12.6. The average molecular weight is 417 g/mol. The zero-order valence-electron chi connectivity index (χ0n) is 16.8. The number of methoxy groups -OCH3 is 1. The number of sulfonamides is 1. The van der Waals surface area contributed by atoms with Crippen molar-refractivity contribution in [3.05, 3.63) is 54.1 Å². The predicted octanol–water partition coefficient (Wildman–Crippen LogP) is 3.13. The first-order valence-corrected chi connectivity index (χ1v) is 11.6. The van der Waals surface area contributed by atoms with Crippen molar-refractivity contribution < 1.29 is 17.9 Å². The molecule has 2 aliphatic heterocycles. The number of nitrogens with zero attached hydrogens (tertiary/aromatic N) is 2. The number of likely N-dealkylation sites (tertiary alicyclic amines) is 1. The van der Waals surface area contributed by atoms with Crippen LogP contribution in [-0.4, -0.2) is 57.0 Å². The Morgan fingerprint density at radius 2 is 1.72 bits per heavy atom. The number of benzene rings is 2. The first kappa shape index (κ1) is 20.2. The van der Waals surface area contributed by atoms with Crippen LogP contribution >= 0.6 is 0 Å². The summed E-state index contributed by atoms with van der Waals surface area (Å²) in [6.07, 6.45) is 3.00. The monoisotopic (exact) mass is 416 g/mol. The van der Waals surface area contributed by atoms with E-state index in [2.05, 4.69) is 4.90 Å². The normalized spacial score (nSPS) is 21.2. The Balaban J connectivity index is 1.21. The maximum absolute atomic E-state index is 12.6. The summed E-state index contributed by atoms with van der Waals surface area (Å²) in [7, 11) is -1.65. The minimum Gasteiger partial charge on any atom is -0.493 e. The Hall–Kier alpha value is -2.09. The average Bonchev–Trinajstić information content (AvgIpc) is 3.28. The molecule has 0 aromatic heterocycles. The van der Waals surface area contributed by atoms with Crippen LogP contribution in [0.2, 0.25) is 0 Å². The zero-order chi connectivity index (χ0) is 20.3. The molecule has 1 atom stereocenters. The molecule has 29 heavy (non-hydrogen) atoms. The van der Waals surface area contributed by atoms with Crippen LogP contribution < -0.4 is 9.47 Å². The fraction of sp³-hybridized carbons (Fsp3) is 0.455. The summed E-state index contributed by atoms with van der Waals surface area (Å²) in [5.41, 5.74) is 0.906. The molecule has 2 aromatic rings. The van der Waals surface area contributed by atoms with Gasteiger partial charge in [0.1, 0.15) is 6.10 Å². The molecule has 7 heteroatoms. The summed E-state index contributed by atoms with van der Waals surface area (Å²) in [5.74, 6) is 1.56. The van der Waals surface area contributed by atoms with Crippen LogP contribution in [0.15, 0.2) is 53.4 Å². The first-order chi connectivity index (χ1) is 14.1. The van der Waals surface area contributed by atoms with Crippen molar-refractivity contribution >= 4 is 10.0 Å². The van der Waals surface area contributed by atoms with E-state index in [9.17, 15) is 8.42 Å². The lowest BCUT2D eigenvalue weighted by Gasteiger charge is -2.19. The highest BCUT2D eigenvalue weighted by molar-refractivity contribution is 7.89. The van der Waals surface area contributed by atoms with E-state index in [1.165, 1.54) is 0 Å². The second kappa shape index (κ2) is 8.73. The maximum Gasteiger partial charge on any atom is 0.243 e. The van der Waals surface area contributed by atoms with E-state index in [1.807, 2.05) is 36.4 Å². The number of fused-ring (bicyclic) bond motifs is 1. The summed E-state index contributed by atoms with van der Waals surface area (Å²) < 4.78 is 38.3. The van der Waals surface area contributed by atoms with Crippen molar-refractivity contribution in [2.24, 2.45) is 0 Å². The molecule has 156 valence electrons. The summed E-state index contributed by atoms with van der Waals surface area (Å²) >= 11 is 0. The summed E-state index contributed by atoms with van der Waals surface area (Å²) in [4.78, 5) is 2.86. The molecule has 2 aliphatic rings. The molecule has 6 nitrogen and oxygen atoms in total. The van der Waals surface area contributed by atoms with Crippen molar-refractivity contribution in [3.63, 3.8) is 0 Å². The van der Waals surface area contributed by atoms with Gasteiger partial charge in [-0.2, -0.15) is 4.31 Å². The van der Waals surface area contributed by atoms with Crippen molar-refractivity contribution in [1.82, 2.24) is 9.21 Å². The number of ether oxygens (including phenoxy) is 2. The molecule has 0 N–H and O–H groups in total. The molecule has 0 aliphatic carbocycles. The predicted molar refractivity (Wildman–Crippen MR) is 112 cm³/mol. The van der Waals surface area contributed by atoms with Crippen LogP contribution in [0.4, 0.5) is 0 Å². The van der Waals surface area contributed by atoms with Gasteiger partial charge in [-0.05, 0) is 49.6 Å². The van der Waals surface area contributed by atoms with Gasteiger partial charge in [-0.3, -0.25) is 4.90 Å². The topological polar surface area (TPSA) is 59.1 Å². The Labute approximate surface area is 173 Å². The van der Waals surface area contributed by atoms with Gasteiger partial charge < -0.3 is 9.47 Å². The summed E-state index contributed by atoms with van der Waals surface area (Å²) in [6.45, 7) is 3.94. The highest BCUT2D eigenvalue weighted by atomic mass is 32.2. The lowest BCUT2D eigenvalue weighted by atomic mass is 10.2. The van der Waals surface area contributed by atoms with E-state index in [-0.39, 0.29) is 6.10 Å². The molecule has 4 rings (SSSR count). The van der Waals surface area contributed by atoms with E-state index in [0.29, 0.717) is 18.0 Å². The van der Waals surface area contributed by atoms with E-state index in [4.69, 9.17) is 9.47 Å². The van der Waals surface area contributed by atoms with Gasteiger partial charge in [0.25, 0.3) is 0 Å². The number of hydrogen-bond donors (Lipinski definition) is 0. The molecule has 1 unspecified atom stereocenters. The van der Waals surface area contributed by atoms with Gasteiger partial charge in [0.05, 0.1) is 12.0 Å². The van der Waals surface area contributed by atoms with Crippen LogP contribution in [0.3, 0.4) is 0 Å². The number of rotatable bonds is 8. The van der Waals surface area contributed by atoms with Crippen molar-refractivity contribution in [2.75, 3.05) is 33.3 Å². The minimum absolute atomic E-state index is 0.166. The highest BCUT2D eigenvalue weighted by Gasteiger charge is 2.33. The molecule has 0 amide bonds. The Morgan fingerprint density at radius 3 is 2.52 bits per heavy atom. The van der Waals surface area contributed by atoms with Gasteiger partial charge in [0.2, 0.25) is 10.0 Å². The molecule has 2 aromatic carbocycles. The van der Waals surface area contributed by atoms with Gasteiger partial charge >= 0.3 is 0 Å². The second-order valence-corrected chi connectivity index (χ2v) is 9.54. The molecular weight excluding hydrogens is 388 g/mol. The van der Waals surface area contributed by atoms with Crippen molar-refractivity contribution in [3.8, 4) is 11.5 Å². The Bertz CT molecular complexity index is 947. The van der Waals surface area contributed by atoms with Crippen LogP contribution in [-0.2, 0) is 16.6 Å². The first-order valence-electron chi connectivity index (χ1n) is 10.2. The summed E-state index contributed by atoms with van der Waals surface area (Å²) in [5, 5.41) is 0. The standard InChI is InChI=1S/C22H28N2O4S/c1-27-20-9-3-4-10-21(20)28-19-12-15-23(17-19)13-6-7-14-24-16-18-8-2-5-11-22(18)29(24,25)26/h2-5,8-11,19H,6-7,12-17H2,1H3. The van der Waals surface area contributed by atoms with Crippen LogP contribution in [0, 0.1) is 0 Å². The van der Waals surface area contributed by atoms with Crippen molar-refractivity contribution in [1.29, 1.82) is 0 Å². The van der Waals surface area contributed by atoms with Gasteiger partial charge in [-0.25, -0.2) is 8.42 Å². The summed E-state index contributed by atoms with van der Waals surface area (Å²) in [6, 6.07) is 15.0. The van der Waals surface area contributed by atoms with Crippen LogP contribution in [0.1, 0.15) is 24.8 Å². The second-order valence-electron chi connectivity index (χ2n) is 7.63. The smallest absolute Gasteiger partial charge is 0.243 e. The fourth-order valence-corrected chi connectivity index (χ4v) is 5.79. The highest BCUT2D eigenvalue weighted by Crippen LogP contribution is 2.30. The van der Waals surface area contributed by atoms with Gasteiger partial charge in [-0.15, -0.1) is 0 Å². The largest absolute Gasteiger partial charge is 0.493 e. The molecule has 1 saturated heterocycles. The molecule has 0 bridgehead atoms. The minimum atomic E-state index is -3.31. The van der Waals surface area contributed by atoms with E-state index >= 15 is 0 Å². The van der Waals surface area contributed by atoms with E-state index in [0.717, 1.165) is 56.0 Å². The molecular formula is C22H28N2O4S. The molecule has 0 saturated carbocycles. The van der Waals surface area contributed by atoms with Gasteiger partial charge in [-0.1, -0.05) is 30.3 Å². The number of unbranched alkanes of at least 4 members (excludes halogenated alkanes) is 1. The third-order valence-electron chi connectivity index (χ3n) is 5.66. The van der Waals surface area contributed by atoms with Gasteiger partial charge in [0, 0.05) is 26.2 Å². The fourth-order valence-electron chi connectivity index (χ4n) is 4.12. The quantitative estimate of drug-likeness (QED) is 0.619. The Morgan fingerprint density at radius 1 is 1.00 bits per heavy atom. The number of hydrogen-bond acceptors (Lipinski definition) is 5.